The Kier molecular flexibility index (Phi) is 5.53. The van der Waals surface area contributed by atoms with Crippen LogP contribution in [-0.4, -0.2) is 38.7 Å². The van der Waals surface area contributed by atoms with Gasteiger partial charge in [-0.2, -0.15) is 0 Å². The Labute approximate surface area is 154 Å². The second-order valence-corrected chi connectivity index (χ2v) is 8.95. The standard InChI is InChI=1S/C20H24O5S/c1-14-10-17(24-7-3-9-26(2,22)23)12-16-6-8-25-19-5-4-15(13-21)11-18(19)20(14)16/h4-5,10-12,21H,3,6-9,13H2,1-2H3. The molecule has 0 radical (unpaired) electrons. The van der Waals surface area contributed by atoms with Gasteiger partial charge in [-0.15, -0.1) is 0 Å². The largest absolute Gasteiger partial charge is 0.494 e. The Morgan fingerprint density at radius 1 is 1.23 bits per heavy atom. The van der Waals surface area contributed by atoms with E-state index in [1.807, 2.05) is 37.3 Å². The highest BCUT2D eigenvalue weighted by molar-refractivity contribution is 7.90. The molecule has 0 fully saturated rings. The fourth-order valence-electron chi connectivity index (χ4n) is 3.27. The van der Waals surface area contributed by atoms with Crippen molar-refractivity contribution < 1.29 is 23.0 Å². The summed E-state index contributed by atoms with van der Waals surface area (Å²) >= 11 is 0. The number of fused-ring (bicyclic) bond motifs is 3. The Bertz CT molecular complexity index is 903. The van der Waals surface area contributed by atoms with Crippen molar-refractivity contribution in [1.82, 2.24) is 0 Å². The van der Waals surface area contributed by atoms with Crippen molar-refractivity contribution in [2.75, 3.05) is 25.2 Å². The van der Waals surface area contributed by atoms with Gasteiger partial charge in [-0.3, -0.25) is 0 Å². The molecule has 0 saturated carbocycles. The molecule has 0 spiro atoms. The smallest absolute Gasteiger partial charge is 0.147 e. The minimum absolute atomic E-state index is 0.0107. The molecule has 2 aromatic rings. The van der Waals surface area contributed by atoms with E-state index in [1.54, 1.807) is 0 Å². The van der Waals surface area contributed by atoms with Crippen molar-refractivity contribution >= 4 is 9.84 Å². The first-order valence-corrected chi connectivity index (χ1v) is 10.7. The number of hydrogen-bond acceptors (Lipinski definition) is 5. The molecule has 1 heterocycles. The lowest BCUT2D eigenvalue weighted by atomic mass is 9.92. The monoisotopic (exact) mass is 376 g/mol. The maximum Gasteiger partial charge on any atom is 0.147 e. The quantitative estimate of drug-likeness (QED) is 0.785. The summed E-state index contributed by atoms with van der Waals surface area (Å²) in [5.41, 5.74) is 5.17. The van der Waals surface area contributed by atoms with E-state index in [1.165, 1.54) is 6.26 Å². The van der Waals surface area contributed by atoms with Crippen LogP contribution in [0.2, 0.25) is 0 Å². The number of ether oxygens (including phenoxy) is 2. The topological polar surface area (TPSA) is 72.8 Å². The zero-order chi connectivity index (χ0) is 18.7. The zero-order valence-electron chi connectivity index (χ0n) is 15.1. The van der Waals surface area contributed by atoms with Gasteiger partial charge >= 0.3 is 0 Å². The lowest BCUT2D eigenvalue weighted by molar-refractivity contribution is 0.281. The summed E-state index contributed by atoms with van der Waals surface area (Å²) in [4.78, 5) is 0. The van der Waals surface area contributed by atoms with Crippen molar-refractivity contribution in [3.05, 3.63) is 47.0 Å². The van der Waals surface area contributed by atoms with Crippen LogP contribution in [0.15, 0.2) is 30.3 Å². The third-order valence-electron chi connectivity index (χ3n) is 4.44. The van der Waals surface area contributed by atoms with Crippen LogP contribution >= 0.6 is 0 Å². The first-order valence-electron chi connectivity index (χ1n) is 8.68. The fraction of sp³-hybridized carbons (Fsp3) is 0.400. The number of aliphatic hydroxyl groups is 1. The molecule has 140 valence electrons. The van der Waals surface area contributed by atoms with Crippen LogP contribution in [0.25, 0.3) is 11.1 Å². The number of aryl methyl sites for hydroxylation is 1. The van der Waals surface area contributed by atoms with Gasteiger partial charge in [-0.05, 0) is 59.9 Å². The van der Waals surface area contributed by atoms with Crippen LogP contribution in [0, 0.1) is 6.92 Å². The normalized spacial score (nSPS) is 13.3. The summed E-state index contributed by atoms with van der Waals surface area (Å²) in [5.74, 6) is 1.70. The number of rotatable bonds is 6. The van der Waals surface area contributed by atoms with Crippen molar-refractivity contribution in [3.63, 3.8) is 0 Å². The molecule has 0 unspecified atom stereocenters. The Morgan fingerprint density at radius 2 is 2.04 bits per heavy atom. The molecule has 0 saturated heterocycles. The van der Waals surface area contributed by atoms with E-state index in [-0.39, 0.29) is 12.4 Å². The molecule has 5 nitrogen and oxygen atoms in total. The SMILES string of the molecule is Cc1cc(OCCCS(C)(=O)=O)cc2c1-c1cc(CO)ccc1OCC2. The summed E-state index contributed by atoms with van der Waals surface area (Å²) in [6, 6.07) is 9.73. The Hall–Kier alpha value is -2.05. The van der Waals surface area contributed by atoms with E-state index in [2.05, 4.69) is 0 Å². The fourth-order valence-corrected chi connectivity index (χ4v) is 3.91. The molecule has 26 heavy (non-hydrogen) atoms. The van der Waals surface area contributed by atoms with Gasteiger partial charge in [0.25, 0.3) is 0 Å². The van der Waals surface area contributed by atoms with Gasteiger partial charge in [0.15, 0.2) is 0 Å². The summed E-state index contributed by atoms with van der Waals surface area (Å²) in [6.07, 6.45) is 2.47. The molecule has 2 aromatic carbocycles. The van der Waals surface area contributed by atoms with E-state index < -0.39 is 9.84 Å². The van der Waals surface area contributed by atoms with Crippen LogP contribution in [0.3, 0.4) is 0 Å². The second kappa shape index (κ2) is 7.68. The van der Waals surface area contributed by atoms with Crippen molar-refractivity contribution in [1.29, 1.82) is 0 Å². The van der Waals surface area contributed by atoms with E-state index in [0.717, 1.165) is 45.7 Å². The second-order valence-electron chi connectivity index (χ2n) is 6.69. The summed E-state index contributed by atoms with van der Waals surface area (Å²) < 4.78 is 34.1. The Balaban J connectivity index is 1.87. The first kappa shape index (κ1) is 18.7. The maximum atomic E-state index is 11.2. The highest BCUT2D eigenvalue weighted by Gasteiger charge is 2.19. The lowest BCUT2D eigenvalue weighted by Crippen LogP contribution is -2.08. The number of hydrogen-bond donors (Lipinski definition) is 1. The molecule has 1 N–H and O–H groups in total. The number of aliphatic hydroxyl groups excluding tert-OH is 1. The molecule has 0 aliphatic carbocycles. The predicted molar refractivity (Wildman–Crippen MR) is 102 cm³/mol. The summed E-state index contributed by atoms with van der Waals surface area (Å²) in [5, 5.41) is 9.44. The molecular weight excluding hydrogens is 352 g/mol. The average molecular weight is 376 g/mol. The average Bonchev–Trinajstić information content (AvgIpc) is 2.76. The predicted octanol–water partition coefficient (Wildman–Crippen LogP) is 2.90. The molecule has 0 atom stereocenters. The van der Waals surface area contributed by atoms with Crippen LogP contribution in [0.5, 0.6) is 11.5 Å². The maximum absolute atomic E-state index is 11.2. The third kappa shape index (κ3) is 4.37. The van der Waals surface area contributed by atoms with Crippen molar-refractivity contribution in [2.45, 2.75) is 26.4 Å². The third-order valence-corrected chi connectivity index (χ3v) is 5.47. The number of benzene rings is 2. The summed E-state index contributed by atoms with van der Waals surface area (Å²) in [6.45, 7) is 2.97. The van der Waals surface area contributed by atoms with Crippen LogP contribution < -0.4 is 9.47 Å². The van der Waals surface area contributed by atoms with Crippen molar-refractivity contribution in [3.8, 4) is 22.6 Å². The number of sulfone groups is 1. The molecular formula is C20H24O5S. The van der Waals surface area contributed by atoms with Gasteiger partial charge in [0.05, 0.1) is 25.6 Å². The van der Waals surface area contributed by atoms with Crippen LogP contribution in [0.4, 0.5) is 0 Å². The highest BCUT2D eigenvalue weighted by atomic mass is 32.2. The summed E-state index contributed by atoms with van der Waals surface area (Å²) in [7, 11) is -2.96. The van der Waals surface area contributed by atoms with Gasteiger partial charge in [-0.1, -0.05) is 6.07 Å². The molecule has 0 aromatic heterocycles. The van der Waals surface area contributed by atoms with Gasteiger partial charge in [0, 0.05) is 18.2 Å². The van der Waals surface area contributed by atoms with E-state index in [0.29, 0.717) is 19.6 Å². The molecule has 3 rings (SSSR count). The zero-order valence-corrected chi connectivity index (χ0v) is 15.9. The van der Waals surface area contributed by atoms with Crippen molar-refractivity contribution in [2.24, 2.45) is 0 Å². The van der Waals surface area contributed by atoms with E-state index in [9.17, 15) is 13.5 Å². The molecule has 0 bridgehead atoms. The van der Waals surface area contributed by atoms with Gasteiger partial charge in [-0.25, -0.2) is 8.42 Å². The minimum Gasteiger partial charge on any atom is -0.494 e. The Morgan fingerprint density at radius 3 is 2.77 bits per heavy atom. The van der Waals surface area contributed by atoms with E-state index >= 15 is 0 Å². The van der Waals surface area contributed by atoms with Crippen LogP contribution in [0.1, 0.15) is 23.1 Å². The highest BCUT2D eigenvalue weighted by Crippen LogP contribution is 2.40. The molecule has 1 aliphatic rings. The molecule has 0 amide bonds. The lowest BCUT2D eigenvalue weighted by Gasteiger charge is -2.15. The van der Waals surface area contributed by atoms with Crippen LogP contribution in [-0.2, 0) is 22.9 Å². The minimum atomic E-state index is -2.96. The van der Waals surface area contributed by atoms with Gasteiger partial charge < -0.3 is 14.6 Å². The van der Waals surface area contributed by atoms with Gasteiger partial charge in [0.1, 0.15) is 21.3 Å². The van der Waals surface area contributed by atoms with E-state index in [4.69, 9.17) is 9.47 Å². The molecule has 1 aliphatic heterocycles. The van der Waals surface area contributed by atoms with Gasteiger partial charge in [0.2, 0.25) is 0 Å². The molecule has 6 heteroatoms. The first-order chi connectivity index (χ1) is 12.4.